The molecule has 4 atom stereocenters. The van der Waals surface area contributed by atoms with E-state index in [1.54, 1.807) is 0 Å². The predicted molar refractivity (Wildman–Crippen MR) is 67.1 cm³/mol. The summed E-state index contributed by atoms with van der Waals surface area (Å²) in [7, 11) is 0. The van der Waals surface area contributed by atoms with Gasteiger partial charge in [0, 0.05) is 5.56 Å². The zero-order valence-corrected chi connectivity index (χ0v) is 10.9. The molecule has 108 valence electrons. The van der Waals surface area contributed by atoms with Gasteiger partial charge in [0.2, 0.25) is 18.9 Å². The van der Waals surface area contributed by atoms with Gasteiger partial charge >= 0.3 is 0 Å². The van der Waals surface area contributed by atoms with Gasteiger partial charge in [-0.25, -0.2) is 0 Å². The zero-order chi connectivity index (χ0) is 14.0. The molecule has 0 aromatic heterocycles. The SMILES string of the molecule is O=C1[C@@H]2OC[C@H](O2)[C@H]2ON=C(c3ccc4c(c3)OCO4)[C@@H]12. The highest BCUT2D eigenvalue weighted by Gasteiger charge is 2.56. The Balaban J connectivity index is 1.54. The van der Waals surface area contributed by atoms with Gasteiger partial charge in [0.25, 0.3) is 0 Å². The molecule has 7 heteroatoms. The minimum Gasteiger partial charge on any atom is -0.454 e. The van der Waals surface area contributed by atoms with Gasteiger partial charge in [-0.15, -0.1) is 0 Å². The molecule has 4 aliphatic rings. The fraction of sp³-hybridized carbons (Fsp3) is 0.429. The molecule has 7 nitrogen and oxygen atoms in total. The quantitative estimate of drug-likeness (QED) is 0.747. The summed E-state index contributed by atoms with van der Waals surface area (Å²) in [6.07, 6.45) is -1.44. The number of ketones is 1. The minimum atomic E-state index is -0.794. The van der Waals surface area contributed by atoms with Crippen LogP contribution >= 0.6 is 0 Å². The van der Waals surface area contributed by atoms with E-state index < -0.39 is 18.3 Å². The van der Waals surface area contributed by atoms with E-state index in [-0.39, 0.29) is 18.7 Å². The molecule has 0 amide bonds. The van der Waals surface area contributed by atoms with Crippen molar-refractivity contribution in [1.82, 2.24) is 0 Å². The number of oxime groups is 1. The summed E-state index contributed by atoms with van der Waals surface area (Å²) in [6.45, 7) is 0.570. The van der Waals surface area contributed by atoms with Crippen LogP contribution in [0.15, 0.2) is 23.4 Å². The van der Waals surface area contributed by atoms with Gasteiger partial charge in [0.1, 0.15) is 17.7 Å². The fourth-order valence-electron chi connectivity index (χ4n) is 3.15. The van der Waals surface area contributed by atoms with Crippen LogP contribution in [-0.2, 0) is 19.1 Å². The number of fused-ring (bicyclic) bond motifs is 5. The van der Waals surface area contributed by atoms with Gasteiger partial charge in [-0.1, -0.05) is 5.16 Å². The maximum Gasteiger partial charge on any atom is 0.231 e. The van der Waals surface area contributed by atoms with E-state index in [1.807, 2.05) is 18.2 Å². The van der Waals surface area contributed by atoms with Gasteiger partial charge in [0.15, 0.2) is 17.6 Å². The Labute approximate surface area is 119 Å². The van der Waals surface area contributed by atoms with Gasteiger partial charge in [-0.05, 0) is 18.2 Å². The molecule has 4 aliphatic heterocycles. The molecular formula is C14H11NO6. The number of rotatable bonds is 1. The molecule has 1 aromatic rings. The predicted octanol–water partition coefficient (Wildman–Crippen LogP) is 0.459. The maximum atomic E-state index is 12.4. The molecule has 0 aliphatic carbocycles. The molecule has 0 unspecified atom stereocenters. The standard InChI is InChI=1S/C14H11NO6/c16-12-10-11(6-1-2-7-8(3-6)19-5-18-7)15-21-13(10)9-4-17-14(12)20-9/h1-3,9-10,13-14H,4-5H2/t9-,10-,13+,14+/m0/s1. The van der Waals surface area contributed by atoms with E-state index >= 15 is 0 Å². The van der Waals surface area contributed by atoms with Crippen molar-refractivity contribution in [3.63, 3.8) is 0 Å². The first-order valence-corrected chi connectivity index (χ1v) is 6.76. The van der Waals surface area contributed by atoms with Crippen molar-refractivity contribution in [2.75, 3.05) is 13.4 Å². The van der Waals surface area contributed by atoms with E-state index in [4.69, 9.17) is 23.8 Å². The molecular weight excluding hydrogens is 278 g/mol. The lowest BCUT2D eigenvalue weighted by atomic mass is 9.85. The summed E-state index contributed by atoms with van der Waals surface area (Å²) >= 11 is 0. The first-order chi connectivity index (χ1) is 10.3. The third kappa shape index (κ3) is 1.50. The third-order valence-corrected chi connectivity index (χ3v) is 4.18. The van der Waals surface area contributed by atoms with Crippen LogP contribution in [0, 0.1) is 5.92 Å². The lowest BCUT2D eigenvalue weighted by molar-refractivity contribution is -0.169. The number of carbonyl (C=O) groups is 1. The Bertz CT molecular complexity index is 671. The fourth-order valence-corrected chi connectivity index (χ4v) is 3.15. The smallest absolute Gasteiger partial charge is 0.231 e. The number of nitrogens with zero attached hydrogens (tertiary/aromatic N) is 1. The Morgan fingerprint density at radius 1 is 1.19 bits per heavy atom. The lowest BCUT2D eigenvalue weighted by Gasteiger charge is -2.27. The second kappa shape index (κ2) is 3.96. The molecule has 1 aromatic carbocycles. The van der Waals surface area contributed by atoms with Gasteiger partial charge in [-0.3, -0.25) is 4.79 Å². The van der Waals surface area contributed by atoms with Crippen LogP contribution in [0.1, 0.15) is 5.56 Å². The number of benzene rings is 1. The number of carbonyl (C=O) groups excluding carboxylic acids is 1. The van der Waals surface area contributed by atoms with Gasteiger partial charge in [-0.2, -0.15) is 0 Å². The van der Waals surface area contributed by atoms with E-state index in [1.165, 1.54) is 0 Å². The summed E-state index contributed by atoms with van der Waals surface area (Å²) in [4.78, 5) is 17.8. The average Bonchev–Trinajstić information content (AvgIpc) is 3.22. The van der Waals surface area contributed by atoms with Crippen molar-refractivity contribution < 1.29 is 28.6 Å². The molecule has 2 bridgehead atoms. The highest BCUT2D eigenvalue weighted by Crippen LogP contribution is 2.39. The summed E-state index contributed by atoms with van der Waals surface area (Å²) in [5.74, 6) is 0.758. The van der Waals surface area contributed by atoms with E-state index in [9.17, 15) is 4.79 Å². The summed E-state index contributed by atoms with van der Waals surface area (Å²) in [5.41, 5.74) is 1.40. The van der Waals surface area contributed by atoms with Crippen molar-refractivity contribution in [3.05, 3.63) is 23.8 Å². The largest absolute Gasteiger partial charge is 0.454 e. The summed E-state index contributed by atoms with van der Waals surface area (Å²) < 4.78 is 21.5. The number of hydrogen-bond acceptors (Lipinski definition) is 7. The highest BCUT2D eigenvalue weighted by atomic mass is 16.8. The molecule has 4 heterocycles. The third-order valence-electron chi connectivity index (χ3n) is 4.18. The van der Waals surface area contributed by atoms with Crippen molar-refractivity contribution in [3.8, 4) is 11.5 Å². The Morgan fingerprint density at radius 3 is 3.05 bits per heavy atom. The van der Waals surface area contributed by atoms with Crippen molar-refractivity contribution in [2.45, 2.75) is 18.5 Å². The van der Waals surface area contributed by atoms with Crippen LogP contribution < -0.4 is 9.47 Å². The Morgan fingerprint density at radius 2 is 2.10 bits per heavy atom. The van der Waals surface area contributed by atoms with E-state index in [0.717, 1.165) is 5.56 Å². The van der Waals surface area contributed by atoms with Crippen LogP contribution in [-0.4, -0.2) is 43.4 Å². The normalized spacial score (nSPS) is 35.4. The van der Waals surface area contributed by atoms with E-state index in [2.05, 4.69) is 5.16 Å². The molecule has 0 saturated carbocycles. The maximum absolute atomic E-state index is 12.4. The Kier molecular flexibility index (Phi) is 2.17. The first kappa shape index (κ1) is 11.5. The monoisotopic (exact) mass is 289 g/mol. The summed E-state index contributed by atoms with van der Waals surface area (Å²) in [5, 5.41) is 4.11. The van der Waals surface area contributed by atoms with Crippen LogP contribution in [0.4, 0.5) is 0 Å². The molecule has 2 fully saturated rings. The van der Waals surface area contributed by atoms with Gasteiger partial charge in [0.05, 0.1) is 6.61 Å². The average molecular weight is 289 g/mol. The molecule has 2 saturated heterocycles. The summed E-state index contributed by atoms with van der Waals surface area (Å²) in [6, 6.07) is 5.48. The van der Waals surface area contributed by atoms with Crippen molar-refractivity contribution in [1.29, 1.82) is 0 Å². The van der Waals surface area contributed by atoms with Crippen LogP contribution in [0.2, 0.25) is 0 Å². The van der Waals surface area contributed by atoms with Crippen LogP contribution in [0.5, 0.6) is 11.5 Å². The zero-order valence-electron chi connectivity index (χ0n) is 10.9. The number of Topliss-reactive ketones (excluding diaryl/α,β-unsaturated/α-hetero) is 1. The minimum absolute atomic E-state index is 0.136. The van der Waals surface area contributed by atoms with Crippen LogP contribution in [0.25, 0.3) is 0 Å². The molecule has 0 radical (unpaired) electrons. The topological polar surface area (TPSA) is 75.6 Å². The molecule has 21 heavy (non-hydrogen) atoms. The Hall–Kier alpha value is -2.12. The van der Waals surface area contributed by atoms with Gasteiger partial charge < -0.3 is 23.8 Å². The number of hydrogen-bond donors (Lipinski definition) is 0. The second-order valence-corrected chi connectivity index (χ2v) is 5.33. The first-order valence-electron chi connectivity index (χ1n) is 6.76. The molecule has 5 rings (SSSR count). The number of ether oxygens (including phenoxy) is 4. The van der Waals surface area contributed by atoms with E-state index in [0.29, 0.717) is 23.8 Å². The second-order valence-electron chi connectivity index (χ2n) is 5.33. The molecule has 0 N–H and O–H groups in total. The van der Waals surface area contributed by atoms with Crippen molar-refractivity contribution >= 4 is 11.5 Å². The highest BCUT2D eigenvalue weighted by molar-refractivity contribution is 6.16. The van der Waals surface area contributed by atoms with Crippen molar-refractivity contribution in [2.24, 2.45) is 11.1 Å². The molecule has 0 spiro atoms. The van der Waals surface area contributed by atoms with Crippen LogP contribution in [0.3, 0.4) is 0 Å². The lowest BCUT2D eigenvalue weighted by Crippen LogP contribution is -2.48.